The number of rotatable bonds is 2. The number of anilines is 1. The fourth-order valence-corrected chi connectivity index (χ4v) is 2.60. The van der Waals surface area contributed by atoms with Gasteiger partial charge in [-0.05, 0) is 54.8 Å². The van der Waals surface area contributed by atoms with Gasteiger partial charge in [0.25, 0.3) is 0 Å². The third kappa shape index (κ3) is 2.21. The number of amides is 1. The van der Waals surface area contributed by atoms with Crippen molar-refractivity contribution in [3.63, 3.8) is 0 Å². The summed E-state index contributed by atoms with van der Waals surface area (Å²) < 4.78 is 12.9. The number of hydrogen-bond acceptors (Lipinski definition) is 2. The van der Waals surface area contributed by atoms with Gasteiger partial charge in [0.2, 0.25) is 5.91 Å². The zero-order valence-electron chi connectivity index (χ0n) is 11.9. The van der Waals surface area contributed by atoms with Crippen molar-refractivity contribution in [3.8, 4) is 0 Å². The number of carbonyl (C=O) groups is 1. The lowest BCUT2D eigenvalue weighted by molar-refractivity contribution is -0.119. The Morgan fingerprint density at radius 3 is 2.38 bits per heavy atom. The summed E-state index contributed by atoms with van der Waals surface area (Å²) >= 11 is 0. The second-order valence-corrected chi connectivity index (χ2v) is 5.84. The number of aliphatic hydroxyl groups excluding tert-OH is 1. The van der Waals surface area contributed by atoms with E-state index in [1.165, 1.54) is 12.1 Å². The molecule has 0 saturated heterocycles. The van der Waals surface area contributed by atoms with Crippen molar-refractivity contribution >= 4 is 11.6 Å². The van der Waals surface area contributed by atoms with Gasteiger partial charge in [-0.2, -0.15) is 0 Å². The van der Waals surface area contributed by atoms with Gasteiger partial charge < -0.3 is 10.4 Å². The second kappa shape index (κ2) is 4.67. The molecule has 108 valence electrons. The lowest BCUT2D eigenvalue weighted by Gasteiger charge is -2.18. The standard InChI is InChI=1S/C17H16FNO2/c1-17(2)13-9-11(5-8-14(13)19-16(17)21)15(20)10-3-6-12(18)7-4-10/h3-9,15,20H,1-2H3,(H,19,21). The fraction of sp³-hybridized carbons (Fsp3) is 0.235. The van der Waals surface area contributed by atoms with Gasteiger partial charge in [0, 0.05) is 5.69 Å². The molecule has 3 nitrogen and oxygen atoms in total. The van der Waals surface area contributed by atoms with E-state index in [9.17, 15) is 14.3 Å². The molecule has 0 aliphatic carbocycles. The predicted molar refractivity (Wildman–Crippen MR) is 78.6 cm³/mol. The van der Waals surface area contributed by atoms with Crippen LogP contribution in [-0.4, -0.2) is 11.0 Å². The molecule has 0 spiro atoms. The second-order valence-electron chi connectivity index (χ2n) is 5.84. The van der Waals surface area contributed by atoms with Crippen molar-refractivity contribution < 1.29 is 14.3 Å². The number of carbonyl (C=O) groups excluding carboxylic acids is 1. The third-order valence-electron chi connectivity index (χ3n) is 4.03. The number of fused-ring (bicyclic) bond motifs is 1. The highest BCUT2D eigenvalue weighted by molar-refractivity contribution is 6.05. The van der Waals surface area contributed by atoms with Crippen molar-refractivity contribution in [3.05, 3.63) is 65.0 Å². The highest BCUT2D eigenvalue weighted by atomic mass is 19.1. The highest BCUT2D eigenvalue weighted by Crippen LogP contribution is 2.39. The van der Waals surface area contributed by atoms with Gasteiger partial charge in [0.05, 0.1) is 5.41 Å². The Morgan fingerprint density at radius 1 is 1.10 bits per heavy atom. The summed E-state index contributed by atoms with van der Waals surface area (Å²) in [6, 6.07) is 11.2. The van der Waals surface area contributed by atoms with Crippen LogP contribution in [-0.2, 0) is 10.2 Å². The van der Waals surface area contributed by atoms with Gasteiger partial charge in [-0.1, -0.05) is 18.2 Å². The maximum Gasteiger partial charge on any atom is 0.234 e. The summed E-state index contributed by atoms with van der Waals surface area (Å²) in [5.74, 6) is -0.387. The summed E-state index contributed by atoms with van der Waals surface area (Å²) in [4.78, 5) is 11.9. The van der Waals surface area contributed by atoms with E-state index < -0.39 is 11.5 Å². The molecular weight excluding hydrogens is 269 g/mol. The van der Waals surface area contributed by atoms with Crippen LogP contribution in [0.3, 0.4) is 0 Å². The minimum Gasteiger partial charge on any atom is -0.384 e. The third-order valence-corrected chi connectivity index (χ3v) is 4.03. The SMILES string of the molecule is CC1(C)C(=O)Nc2ccc(C(O)c3ccc(F)cc3)cc21. The molecule has 0 radical (unpaired) electrons. The Hall–Kier alpha value is -2.20. The topological polar surface area (TPSA) is 49.3 Å². The van der Waals surface area contributed by atoms with Crippen molar-refractivity contribution in [2.75, 3.05) is 5.32 Å². The van der Waals surface area contributed by atoms with Gasteiger partial charge >= 0.3 is 0 Å². The molecule has 1 aliphatic heterocycles. The molecule has 2 N–H and O–H groups in total. The van der Waals surface area contributed by atoms with Crippen LogP contribution in [0.1, 0.15) is 36.6 Å². The highest BCUT2D eigenvalue weighted by Gasteiger charge is 2.38. The first-order valence-electron chi connectivity index (χ1n) is 6.79. The van der Waals surface area contributed by atoms with Crippen LogP contribution in [0, 0.1) is 5.82 Å². The Morgan fingerprint density at radius 2 is 1.71 bits per heavy atom. The summed E-state index contributed by atoms with van der Waals surface area (Å²) in [6.45, 7) is 3.70. The maximum absolute atomic E-state index is 12.9. The average molecular weight is 285 g/mol. The summed E-state index contributed by atoms with van der Waals surface area (Å²) in [6.07, 6.45) is -0.845. The van der Waals surface area contributed by atoms with Crippen LogP contribution in [0.25, 0.3) is 0 Å². The molecule has 0 fully saturated rings. The number of hydrogen-bond donors (Lipinski definition) is 2. The van der Waals surface area contributed by atoms with E-state index in [1.54, 1.807) is 24.3 Å². The minimum atomic E-state index is -0.845. The van der Waals surface area contributed by atoms with Gasteiger partial charge in [0.15, 0.2) is 0 Å². The molecule has 1 heterocycles. The summed E-state index contributed by atoms with van der Waals surface area (Å²) in [5.41, 5.74) is 2.33. The number of nitrogens with one attached hydrogen (secondary N) is 1. The van der Waals surface area contributed by atoms with E-state index in [2.05, 4.69) is 5.32 Å². The molecule has 1 unspecified atom stereocenters. The normalized spacial score (nSPS) is 17.2. The zero-order chi connectivity index (χ0) is 15.2. The molecule has 21 heavy (non-hydrogen) atoms. The van der Waals surface area contributed by atoms with Crippen molar-refractivity contribution in [1.29, 1.82) is 0 Å². The lowest BCUT2D eigenvalue weighted by atomic mass is 9.84. The van der Waals surface area contributed by atoms with E-state index in [1.807, 2.05) is 19.9 Å². The van der Waals surface area contributed by atoms with Crippen LogP contribution in [0.5, 0.6) is 0 Å². The predicted octanol–water partition coefficient (Wildman–Crippen LogP) is 3.14. The molecule has 1 amide bonds. The van der Waals surface area contributed by atoms with Crippen molar-refractivity contribution in [1.82, 2.24) is 0 Å². The smallest absolute Gasteiger partial charge is 0.234 e. The number of aliphatic hydroxyl groups is 1. The number of benzene rings is 2. The molecular formula is C17H16FNO2. The van der Waals surface area contributed by atoms with Crippen molar-refractivity contribution in [2.45, 2.75) is 25.4 Å². The number of halogens is 1. The average Bonchev–Trinajstić information content (AvgIpc) is 2.69. The molecule has 1 aliphatic rings. The summed E-state index contributed by atoms with van der Waals surface area (Å²) in [7, 11) is 0. The Kier molecular flexibility index (Phi) is 3.06. The van der Waals surface area contributed by atoms with Crippen LogP contribution in [0.2, 0.25) is 0 Å². The van der Waals surface area contributed by atoms with E-state index >= 15 is 0 Å². The van der Waals surface area contributed by atoms with Crippen molar-refractivity contribution in [2.24, 2.45) is 0 Å². The molecule has 2 aromatic rings. The van der Waals surface area contributed by atoms with Crippen LogP contribution in [0.15, 0.2) is 42.5 Å². The lowest BCUT2D eigenvalue weighted by Crippen LogP contribution is -2.26. The fourth-order valence-electron chi connectivity index (χ4n) is 2.60. The molecule has 0 aromatic heterocycles. The Labute approximate surface area is 122 Å². The Balaban J connectivity index is 2.00. The molecule has 3 rings (SSSR count). The van der Waals surface area contributed by atoms with Crippen LogP contribution in [0.4, 0.5) is 10.1 Å². The van der Waals surface area contributed by atoms with E-state index in [4.69, 9.17) is 0 Å². The van der Waals surface area contributed by atoms with E-state index in [-0.39, 0.29) is 11.7 Å². The zero-order valence-corrected chi connectivity index (χ0v) is 11.9. The monoisotopic (exact) mass is 285 g/mol. The first-order chi connectivity index (χ1) is 9.89. The van der Waals surface area contributed by atoms with E-state index in [0.29, 0.717) is 11.1 Å². The van der Waals surface area contributed by atoms with Crippen LogP contribution < -0.4 is 5.32 Å². The maximum atomic E-state index is 12.9. The Bertz CT molecular complexity index is 707. The largest absolute Gasteiger partial charge is 0.384 e. The van der Waals surface area contributed by atoms with E-state index in [0.717, 1.165) is 11.3 Å². The minimum absolute atomic E-state index is 0.0501. The van der Waals surface area contributed by atoms with Crippen LogP contribution >= 0.6 is 0 Å². The first kappa shape index (κ1) is 13.8. The molecule has 0 bridgehead atoms. The van der Waals surface area contributed by atoms with Gasteiger partial charge in [-0.3, -0.25) is 4.79 Å². The first-order valence-corrected chi connectivity index (χ1v) is 6.79. The molecule has 2 aromatic carbocycles. The van der Waals surface area contributed by atoms with Gasteiger partial charge in [-0.15, -0.1) is 0 Å². The quantitative estimate of drug-likeness (QED) is 0.890. The van der Waals surface area contributed by atoms with Gasteiger partial charge in [-0.25, -0.2) is 4.39 Å². The molecule has 4 heteroatoms. The molecule has 1 atom stereocenters. The summed E-state index contributed by atoms with van der Waals surface area (Å²) in [5, 5.41) is 13.3. The molecule has 0 saturated carbocycles. The van der Waals surface area contributed by atoms with Gasteiger partial charge in [0.1, 0.15) is 11.9 Å².